The second kappa shape index (κ2) is 7.51. The molecule has 1 fully saturated rings. The van der Waals surface area contributed by atoms with Gasteiger partial charge in [0.2, 0.25) is 5.96 Å². The van der Waals surface area contributed by atoms with E-state index in [1.165, 1.54) is 36.4 Å². The van der Waals surface area contributed by atoms with Crippen LogP contribution in [0.3, 0.4) is 0 Å². The zero-order valence-electron chi connectivity index (χ0n) is 15.1. The van der Waals surface area contributed by atoms with Gasteiger partial charge in [0.15, 0.2) is 0 Å². The molecule has 0 saturated heterocycles. The number of benzene rings is 2. The maximum absolute atomic E-state index is 12.8. The predicted molar refractivity (Wildman–Crippen MR) is 104 cm³/mol. The Bertz CT molecular complexity index is 1070. The zero-order valence-corrected chi connectivity index (χ0v) is 16.0. The van der Waals surface area contributed by atoms with E-state index in [2.05, 4.69) is 4.40 Å². The molecule has 1 saturated carbocycles. The molecule has 0 aliphatic heterocycles. The standard InChI is InChI=1S/C18H18N4O6S/c19-17(20)21-29(26,27)15-8-6-14(7-9-15)28-16(23)18(10-1-11-18)12-2-4-13(5-3-12)22(24)25/h2-9H,1,10-11H2,(H4,19,20,21). The van der Waals surface area contributed by atoms with E-state index in [-0.39, 0.29) is 16.3 Å². The van der Waals surface area contributed by atoms with Gasteiger partial charge in [0.05, 0.1) is 15.2 Å². The van der Waals surface area contributed by atoms with E-state index in [0.717, 1.165) is 6.42 Å². The van der Waals surface area contributed by atoms with Crippen LogP contribution in [0.4, 0.5) is 5.69 Å². The summed E-state index contributed by atoms with van der Waals surface area (Å²) in [7, 11) is -4.04. The fourth-order valence-corrected chi connectivity index (χ4v) is 3.98. The molecular weight excluding hydrogens is 400 g/mol. The second-order valence-electron chi connectivity index (χ2n) is 6.59. The molecular formula is C18H18N4O6S. The molecule has 3 rings (SSSR count). The summed E-state index contributed by atoms with van der Waals surface area (Å²) in [6.45, 7) is 0. The molecule has 2 aromatic rings. The minimum Gasteiger partial charge on any atom is -0.426 e. The quantitative estimate of drug-likeness (QED) is 0.178. The molecule has 0 bridgehead atoms. The minimum atomic E-state index is -4.04. The molecule has 2 aromatic carbocycles. The molecule has 29 heavy (non-hydrogen) atoms. The van der Waals surface area contributed by atoms with Gasteiger partial charge in [0, 0.05) is 12.1 Å². The third-order valence-electron chi connectivity index (χ3n) is 4.79. The van der Waals surface area contributed by atoms with Crippen LogP contribution in [0.25, 0.3) is 0 Å². The Morgan fingerprint density at radius 3 is 2.10 bits per heavy atom. The maximum atomic E-state index is 12.8. The number of nitrogens with two attached hydrogens (primary N) is 2. The van der Waals surface area contributed by atoms with E-state index in [0.29, 0.717) is 18.4 Å². The number of nitro groups is 1. The Balaban J connectivity index is 1.80. The fraction of sp³-hybridized carbons (Fsp3) is 0.222. The van der Waals surface area contributed by atoms with Crippen molar-refractivity contribution >= 4 is 27.6 Å². The molecule has 0 unspecified atom stereocenters. The summed E-state index contributed by atoms with van der Waals surface area (Å²) in [5.41, 5.74) is 9.92. The first-order valence-corrected chi connectivity index (χ1v) is 10.0. The molecule has 0 heterocycles. The Morgan fingerprint density at radius 1 is 1.07 bits per heavy atom. The highest BCUT2D eigenvalue weighted by Gasteiger charge is 2.47. The number of non-ortho nitro benzene ring substituents is 1. The second-order valence-corrected chi connectivity index (χ2v) is 8.20. The highest BCUT2D eigenvalue weighted by Crippen LogP contribution is 2.45. The first kappa shape index (κ1) is 20.3. The van der Waals surface area contributed by atoms with Crippen LogP contribution in [0, 0.1) is 10.1 Å². The van der Waals surface area contributed by atoms with Crippen LogP contribution in [0.2, 0.25) is 0 Å². The molecule has 0 radical (unpaired) electrons. The Labute approximate surface area is 166 Å². The van der Waals surface area contributed by atoms with Gasteiger partial charge in [-0.2, -0.15) is 8.42 Å². The number of hydrogen-bond donors (Lipinski definition) is 2. The normalized spacial score (nSPS) is 15.0. The van der Waals surface area contributed by atoms with Crippen LogP contribution in [-0.2, 0) is 20.2 Å². The van der Waals surface area contributed by atoms with Gasteiger partial charge < -0.3 is 16.2 Å². The van der Waals surface area contributed by atoms with Crippen molar-refractivity contribution in [1.29, 1.82) is 0 Å². The van der Waals surface area contributed by atoms with Gasteiger partial charge in [-0.15, -0.1) is 4.40 Å². The molecule has 0 spiro atoms. The first-order chi connectivity index (χ1) is 13.6. The number of nitrogens with zero attached hydrogens (tertiary/aromatic N) is 2. The van der Waals surface area contributed by atoms with E-state index in [4.69, 9.17) is 16.2 Å². The summed E-state index contributed by atoms with van der Waals surface area (Å²) >= 11 is 0. The summed E-state index contributed by atoms with van der Waals surface area (Å²) in [6.07, 6.45) is 1.93. The fourth-order valence-electron chi connectivity index (χ4n) is 3.12. The lowest BCUT2D eigenvalue weighted by Crippen LogP contribution is -2.45. The molecule has 1 aliphatic carbocycles. The lowest BCUT2D eigenvalue weighted by atomic mass is 9.64. The van der Waals surface area contributed by atoms with E-state index >= 15 is 0 Å². The number of guanidine groups is 1. The van der Waals surface area contributed by atoms with Crippen molar-refractivity contribution in [3.63, 3.8) is 0 Å². The maximum Gasteiger partial charge on any atom is 0.321 e. The summed E-state index contributed by atoms with van der Waals surface area (Å²) in [5, 5.41) is 10.8. The number of hydrogen-bond acceptors (Lipinski definition) is 6. The third-order valence-corrected chi connectivity index (χ3v) is 6.11. The van der Waals surface area contributed by atoms with Crippen molar-refractivity contribution in [2.24, 2.45) is 15.9 Å². The highest BCUT2D eigenvalue weighted by atomic mass is 32.2. The van der Waals surface area contributed by atoms with E-state index < -0.39 is 32.3 Å². The third kappa shape index (κ3) is 4.04. The lowest BCUT2D eigenvalue weighted by Gasteiger charge is -2.39. The topological polar surface area (TPSA) is 168 Å². The van der Waals surface area contributed by atoms with E-state index in [1.807, 2.05) is 0 Å². The van der Waals surface area contributed by atoms with Crippen molar-refractivity contribution in [2.45, 2.75) is 29.6 Å². The number of rotatable bonds is 6. The summed E-state index contributed by atoms with van der Waals surface area (Å²) in [6, 6.07) is 10.9. The highest BCUT2D eigenvalue weighted by molar-refractivity contribution is 7.90. The van der Waals surface area contributed by atoms with Gasteiger partial charge in [-0.3, -0.25) is 14.9 Å². The molecule has 152 valence electrons. The Hall–Kier alpha value is -3.47. The largest absolute Gasteiger partial charge is 0.426 e. The van der Waals surface area contributed by atoms with Crippen LogP contribution in [0.5, 0.6) is 5.75 Å². The van der Waals surface area contributed by atoms with E-state index in [9.17, 15) is 23.3 Å². The number of ether oxygens (including phenoxy) is 1. The van der Waals surface area contributed by atoms with Crippen LogP contribution < -0.4 is 16.2 Å². The smallest absolute Gasteiger partial charge is 0.321 e. The van der Waals surface area contributed by atoms with Gasteiger partial charge in [-0.1, -0.05) is 18.6 Å². The van der Waals surface area contributed by atoms with Crippen molar-refractivity contribution in [1.82, 2.24) is 0 Å². The van der Waals surface area contributed by atoms with Gasteiger partial charge in [0.25, 0.3) is 15.7 Å². The van der Waals surface area contributed by atoms with Gasteiger partial charge in [0.1, 0.15) is 5.75 Å². The monoisotopic (exact) mass is 418 g/mol. The lowest BCUT2D eigenvalue weighted by molar-refractivity contribution is -0.384. The van der Waals surface area contributed by atoms with Crippen LogP contribution in [-0.4, -0.2) is 25.3 Å². The summed E-state index contributed by atoms with van der Waals surface area (Å²) in [5.74, 6) is -0.931. The van der Waals surface area contributed by atoms with Crippen LogP contribution >= 0.6 is 0 Å². The number of carbonyl (C=O) groups excluding carboxylic acids is 1. The first-order valence-electron chi connectivity index (χ1n) is 8.57. The van der Waals surface area contributed by atoms with Crippen molar-refractivity contribution in [3.8, 4) is 5.75 Å². The van der Waals surface area contributed by atoms with Crippen molar-refractivity contribution < 1.29 is 22.9 Å². The molecule has 0 amide bonds. The average Bonchev–Trinajstić information content (AvgIpc) is 2.60. The molecule has 1 aliphatic rings. The summed E-state index contributed by atoms with van der Waals surface area (Å²) in [4.78, 5) is 23.0. The van der Waals surface area contributed by atoms with Gasteiger partial charge in [-0.05, 0) is 42.7 Å². The number of nitro benzene ring substituents is 1. The Kier molecular flexibility index (Phi) is 5.25. The van der Waals surface area contributed by atoms with Crippen LogP contribution in [0.15, 0.2) is 57.8 Å². The SMILES string of the molecule is NC(N)=NS(=O)(=O)c1ccc(OC(=O)C2(c3ccc([N+](=O)[O-])cc3)CCC2)cc1. The molecule has 0 atom stereocenters. The Morgan fingerprint density at radius 2 is 1.66 bits per heavy atom. The molecule has 0 aromatic heterocycles. The van der Waals surface area contributed by atoms with Gasteiger partial charge >= 0.3 is 5.97 Å². The summed E-state index contributed by atoms with van der Waals surface area (Å²) < 4.78 is 32.5. The average molecular weight is 418 g/mol. The van der Waals surface area contributed by atoms with Crippen LogP contribution in [0.1, 0.15) is 24.8 Å². The predicted octanol–water partition coefficient (Wildman–Crippen LogP) is 1.58. The van der Waals surface area contributed by atoms with Crippen molar-refractivity contribution in [3.05, 3.63) is 64.2 Å². The van der Waals surface area contributed by atoms with E-state index in [1.54, 1.807) is 12.1 Å². The van der Waals surface area contributed by atoms with Crippen molar-refractivity contribution in [2.75, 3.05) is 0 Å². The van der Waals surface area contributed by atoms with Gasteiger partial charge in [-0.25, -0.2) is 0 Å². The minimum absolute atomic E-state index is 0.0610. The molecule has 11 heteroatoms. The molecule has 10 nitrogen and oxygen atoms in total. The zero-order chi connectivity index (χ0) is 21.2. The molecule has 4 N–H and O–H groups in total. The number of esters is 1. The number of sulfonamides is 1. The number of carbonyl (C=O) groups is 1.